The first-order valence-electron chi connectivity index (χ1n) is 5.68. The molecule has 4 heteroatoms. The molecule has 1 heterocycles. The maximum atomic E-state index is 5.95. The number of hydrogen-bond acceptors (Lipinski definition) is 3. The predicted molar refractivity (Wildman–Crippen MR) is 71.6 cm³/mol. The fraction of sp³-hybridized carbons (Fsp3) is 0.0714. The lowest BCUT2D eigenvalue weighted by atomic mass is 10.1. The van der Waals surface area contributed by atoms with Crippen LogP contribution < -0.4 is 10.5 Å². The van der Waals surface area contributed by atoms with E-state index in [0.717, 1.165) is 22.2 Å². The molecule has 0 amide bonds. The average molecular weight is 239 g/mol. The summed E-state index contributed by atoms with van der Waals surface area (Å²) in [4.78, 5) is 4.15. The van der Waals surface area contributed by atoms with E-state index in [0.29, 0.717) is 6.01 Å². The standard InChI is InChI=1S/C14H13N3O/c1-17-9-8-16-14(17)18-13-7-6-12(15)10-4-2-3-5-11(10)13/h2-9H,15H2,1H3. The van der Waals surface area contributed by atoms with Crippen LogP contribution in [-0.2, 0) is 7.05 Å². The van der Waals surface area contributed by atoms with Crippen molar-refractivity contribution in [2.24, 2.45) is 7.05 Å². The zero-order valence-electron chi connectivity index (χ0n) is 10.00. The van der Waals surface area contributed by atoms with Gasteiger partial charge in [-0.05, 0) is 12.1 Å². The third kappa shape index (κ3) is 1.68. The number of ether oxygens (including phenoxy) is 1. The summed E-state index contributed by atoms with van der Waals surface area (Å²) in [6.07, 6.45) is 3.55. The Morgan fingerprint density at radius 1 is 1.11 bits per heavy atom. The summed E-state index contributed by atoms with van der Waals surface area (Å²) >= 11 is 0. The molecule has 0 aliphatic rings. The third-order valence-corrected chi connectivity index (χ3v) is 2.90. The molecule has 0 aliphatic carbocycles. The Morgan fingerprint density at radius 3 is 2.61 bits per heavy atom. The molecule has 3 aromatic rings. The number of aryl methyl sites for hydroxylation is 1. The van der Waals surface area contributed by atoms with Gasteiger partial charge in [0.15, 0.2) is 0 Å². The van der Waals surface area contributed by atoms with Crippen molar-refractivity contribution in [3.05, 3.63) is 48.8 Å². The molecular weight excluding hydrogens is 226 g/mol. The van der Waals surface area contributed by atoms with Crippen molar-refractivity contribution in [3.8, 4) is 11.8 Å². The van der Waals surface area contributed by atoms with E-state index in [4.69, 9.17) is 10.5 Å². The first-order valence-corrected chi connectivity index (χ1v) is 5.68. The van der Waals surface area contributed by atoms with Crippen LogP contribution in [0.3, 0.4) is 0 Å². The third-order valence-electron chi connectivity index (χ3n) is 2.90. The van der Waals surface area contributed by atoms with E-state index in [2.05, 4.69) is 4.98 Å². The molecule has 90 valence electrons. The Kier molecular flexibility index (Phi) is 2.41. The SMILES string of the molecule is Cn1ccnc1Oc1ccc(N)c2ccccc12. The molecule has 0 fully saturated rings. The minimum Gasteiger partial charge on any atom is -0.425 e. The van der Waals surface area contributed by atoms with Crippen LogP contribution in [0.25, 0.3) is 10.8 Å². The largest absolute Gasteiger partial charge is 0.425 e. The summed E-state index contributed by atoms with van der Waals surface area (Å²) in [6, 6.07) is 12.2. The molecule has 0 unspecified atom stereocenters. The molecule has 2 aromatic carbocycles. The lowest BCUT2D eigenvalue weighted by Crippen LogP contribution is -1.95. The Bertz CT molecular complexity index is 703. The molecule has 2 N–H and O–H groups in total. The van der Waals surface area contributed by atoms with E-state index in [9.17, 15) is 0 Å². The van der Waals surface area contributed by atoms with Gasteiger partial charge < -0.3 is 15.0 Å². The Hall–Kier alpha value is -2.49. The van der Waals surface area contributed by atoms with Crippen LogP contribution in [0.2, 0.25) is 0 Å². The Morgan fingerprint density at radius 2 is 1.89 bits per heavy atom. The molecule has 0 saturated carbocycles. The molecule has 4 nitrogen and oxygen atoms in total. The second-order valence-electron chi connectivity index (χ2n) is 4.12. The summed E-state index contributed by atoms with van der Waals surface area (Å²) < 4.78 is 7.64. The Balaban J connectivity index is 2.13. The van der Waals surface area contributed by atoms with E-state index in [1.165, 1.54) is 0 Å². The number of nitrogen functional groups attached to an aromatic ring is 1. The molecule has 0 bridgehead atoms. The van der Waals surface area contributed by atoms with Crippen LogP contribution >= 0.6 is 0 Å². The minimum absolute atomic E-state index is 0.560. The number of benzene rings is 2. The van der Waals surface area contributed by atoms with Gasteiger partial charge in [-0.3, -0.25) is 0 Å². The number of nitrogens with two attached hydrogens (primary N) is 1. The lowest BCUT2D eigenvalue weighted by molar-refractivity contribution is 0.429. The van der Waals surface area contributed by atoms with Crippen LogP contribution in [0.4, 0.5) is 5.69 Å². The maximum Gasteiger partial charge on any atom is 0.301 e. The fourth-order valence-electron chi connectivity index (χ4n) is 1.93. The summed E-state index contributed by atoms with van der Waals surface area (Å²) in [5, 5.41) is 1.98. The normalized spacial score (nSPS) is 10.7. The smallest absolute Gasteiger partial charge is 0.301 e. The van der Waals surface area contributed by atoms with Gasteiger partial charge in [0.25, 0.3) is 0 Å². The van der Waals surface area contributed by atoms with Crippen molar-refractivity contribution in [2.75, 3.05) is 5.73 Å². The molecule has 3 rings (SSSR count). The van der Waals surface area contributed by atoms with Crippen molar-refractivity contribution in [2.45, 2.75) is 0 Å². The van der Waals surface area contributed by atoms with Crippen LogP contribution in [0.1, 0.15) is 0 Å². The summed E-state index contributed by atoms with van der Waals surface area (Å²) in [5.74, 6) is 0.758. The summed E-state index contributed by atoms with van der Waals surface area (Å²) in [7, 11) is 1.89. The van der Waals surface area contributed by atoms with E-state index in [-0.39, 0.29) is 0 Å². The average Bonchev–Trinajstić information content (AvgIpc) is 2.79. The van der Waals surface area contributed by atoms with E-state index >= 15 is 0 Å². The zero-order chi connectivity index (χ0) is 12.5. The van der Waals surface area contributed by atoms with Crippen LogP contribution in [-0.4, -0.2) is 9.55 Å². The lowest BCUT2D eigenvalue weighted by Gasteiger charge is -2.09. The van der Waals surface area contributed by atoms with Gasteiger partial charge >= 0.3 is 6.01 Å². The number of fused-ring (bicyclic) bond motifs is 1. The number of rotatable bonds is 2. The molecule has 0 aliphatic heterocycles. The van der Waals surface area contributed by atoms with E-state index < -0.39 is 0 Å². The highest BCUT2D eigenvalue weighted by Crippen LogP contribution is 2.32. The van der Waals surface area contributed by atoms with Gasteiger partial charge in [-0.1, -0.05) is 24.3 Å². The second-order valence-corrected chi connectivity index (χ2v) is 4.12. The number of imidazole rings is 1. The number of hydrogen-bond donors (Lipinski definition) is 1. The highest BCUT2D eigenvalue weighted by Gasteiger charge is 2.07. The first kappa shape index (κ1) is 10.7. The summed E-state index contributed by atoms with van der Waals surface area (Å²) in [5.41, 5.74) is 6.70. The molecule has 0 radical (unpaired) electrons. The van der Waals surface area contributed by atoms with Gasteiger partial charge in [-0.15, -0.1) is 0 Å². The number of nitrogens with zero attached hydrogens (tertiary/aromatic N) is 2. The molecular formula is C14H13N3O. The van der Waals surface area contributed by atoms with Crippen molar-refractivity contribution < 1.29 is 4.74 Å². The quantitative estimate of drug-likeness (QED) is 0.699. The van der Waals surface area contributed by atoms with E-state index in [1.54, 1.807) is 6.20 Å². The maximum absolute atomic E-state index is 5.95. The van der Waals surface area contributed by atoms with E-state index in [1.807, 2.05) is 54.2 Å². The highest BCUT2D eigenvalue weighted by atomic mass is 16.5. The first-order chi connectivity index (χ1) is 8.75. The van der Waals surface area contributed by atoms with Crippen LogP contribution in [0, 0.1) is 0 Å². The molecule has 0 atom stereocenters. The molecule has 0 saturated heterocycles. The molecule has 1 aromatic heterocycles. The van der Waals surface area contributed by atoms with Gasteiger partial charge in [0, 0.05) is 35.9 Å². The fourth-order valence-corrected chi connectivity index (χ4v) is 1.93. The predicted octanol–water partition coefficient (Wildman–Crippen LogP) is 2.95. The van der Waals surface area contributed by atoms with Crippen molar-refractivity contribution in [1.82, 2.24) is 9.55 Å². The van der Waals surface area contributed by atoms with Gasteiger partial charge in [-0.2, -0.15) is 0 Å². The van der Waals surface area contributed by atoms with Crippen molar-refractivity contribution in [3.63, 3.8) is 0 Å². The van der Waals surface area contributed by atoms with Crippen molar-refractivity contribution in [1.29, 1.82) is 0 Å². The number of anilines is 1. The highest BCUT2D eigenvalue weighted by molar-refractivity contribution is 5.97. The van der Waals surface area contributed by atoms with Crippen LogP contribution in [0.15, 0.2) is 48.8 Å². The van der Waals surface area contributed by atoms with Gasteiger partial charge in [-0.25, -0.2) is 4.98 Å². The van der Waals surface area contributed by atoms with Gasteiger partial charge in [0.1, 0.15) is 5.75 Å². The zero-order valence-corrected chi connectivity index (χ0v) is 10.00. The van der Waals surface area contributed by atoms with Crippen LogP contribution in [0.5, 0.6) is 11.8 Å². The number of aromatic nitrogens is 2. The van der Waals surface area contributed by atoms with Gasteiger partial charge in [0.2, 0.25) is 0 Å². The molecule has 18 heavy (non-hydrogen) atoms. The van der Waals surface area contributed by atoms with Gasteiger partial charge in [0.05, 0.1) is 0 Å². The summed E-state index contributed by atoms with van der Waals surface area (Å²) in [6.45, 7) is 0. The van der Waals surface area contributed by atoms with Crippen molar-refractivity contribution >= 4 is 16.5 Å². The topological polar surface area (TPSA) is 53.1 Å². The second kappa shape index (κ2) is 4.07. The minimum atomic E-state index is 0.560. The monoisotopic (exact) mass is 239 g/mol. The Labute approximate surface area is 105 Å². The molecule has 0 spiro atoms.